The minimum Gasteiger partial charge on any atom is -0.497 e. The van der Waals surface area contributed by atoms with Crippen LogP contribution in [0.15, 0.2) is 54.6 Å². The maximum atomic E-state index is 13.6. The number of carbonyl (C=O) groups is 2. The van der Waals surface area contributed by atoms with Gasteiger partial charge in [-0.1, -0.05) is 55.3 Å². The summed E-state index contributed by atoms with van der Waals surface area (Å²) in [5.41, 5.74) is 6.73. The van der Waals surface area contributed by atoms with E-state index in [1.165, 1.54) is 0 Å². The van der Waals surface area contributed by atoms with E-state index in [0.29, 0.717) is 19.5 Å². The van der Waals surface area contributed by atoms with E-state index in [-0.39, 0.29) is 11.8 Å². The van der Waals surface area contributed by atoms with E-state index >= 15 is 0 Å². The van der Waals surface area contributed by atoms with Crippen LogP contribution < -0.4 is 10.5 Å². The van der Waals surface area contributed by atoms with Gasteiger partial charge in [0.15, 0.2) is 0 Å². The van der Waals surface area contributed by atoms with E-state index < -0.39 is 10.8 Å². The molecule has 2 amide bonds. The highest BCUT2D eigenvalue weighted by molar-refractivity contribution is 5.92. The molecule has 1 aliphatic heterocycles. The van der Waals surface area contributed by atoms with Crippen molar-refractivity contribution in [2.24, 2.45) is 11.1 Å². The first kappa shape index (κ1) is 19.5. The zero-order valence-corrected chi connectivity index (χ0v) is 16.9. The summed E-state index contributed by atoms with van der Waals surface area (Å²) in [6, 6.07) is 17.7. The zero-order valence-electron chi connectivity index (χ0n) is 16.9. The Bertz CT molecular complexity index is 880. The highest BCUT2D eigenvalue weighted by Gasteiger charge is 2.54. The van der Waals surface area contributed by atoms with Gasteiger partial charge in [0.05, 0.1) is 17.9 Å². The SMILES string of the molecule is COc1ccc(C2(C(=O)N3CC(Cc4ccccc4)(C(N)=O)C3)CCCC2)cc1. The molecule has 1 heterocycles. The van der Waals surface area contributed by atoms with Crippen molar-refractivity contribution in [1.82, 2.24) is 4.90 Å². The number of nitrogens with two attached hydrogens (primary N) is 1. The summed E-state index contributed by atoms with van der Waals surface area (Å²) < 4.78 is 5.27. The van der Waals surface area contributed by atoms with E-state index in [9.17, 15) is 9.59 Å². The lowest BCUT2D eigenvalue weighted by atomic mass is 9.70. The van der Waals surface area contributed by atoms with Crippen LogP contribution in [0.1, 0.15) is 36.8 Å². The van der Waals surface area contributed by atoms with E-state index in [0.717, 1.165) is 42.6 Å². The third-order valence-corrected chi connectivity index (χ3v) is 6.69. The molecule has 152 valence electrons. The van der Waals surface area contributed by atoms with E-state index in [1.54, 1.807) is 7.11 Å². The molecule has 2 aromatic rings. The maximum Gasteiger partial charge on any atom is 0.233 e. The molecule has 5 heteroatoms. The van der Waals surface area contributed by atoms with Gasteiger partial charge in [0, 0.05) is 13.1 Å². The molecule has 0 unspecified atom stereocenters. The number of nitrogens with zero attached hydrogens (tertiary/aromatic N) is 1. The summed E-state index contributed by atoms with van der Waals surface area (Å²) in [6.07, 6.45) is 4.34. The number of methoxy groups -OCH3 is 1. The molecule has 1 saturated carbocycles. The Morgan fingerprint density at radius 1 is 1.00 bits per heavy atom. The van der Waals surface area contributed by atoms with Crippen LogP contribution >= 0.6 is 0 Å². The van der Waals surface area contributed by atoms with E-state index in [4.69, 9.17) is 10.5 Å². The predicted octanol–water partition coefficient (Wildman–Crippen LogP) is 3.06. The number of benzene rings is 2. The Kier molecular flexibility index (Phi) is 5.07. The molecule has 0 spiro atoms. The van der Waals surface area contributed by atoms with Gasteiger partial charge < -0.3 is 15.4 Å². The van der Waals surface area contributed by atoms with Gasteiger partial charge >= 0.3 is 0 Å². The van der Waals surface area contributed by atoms with Crippen LogP contribution in [-0.2, 0) is 21.4 Å². The lowest BCUT2D eigenvalue weighted by molar-refractivity contribution is -0.156. The number of rotatable bonds is 6. The van der Waals surface area contributed by atoms with E-state index in [2.05, 4.69) is 0 Å². The minimum absolute atomic E-state index is 0.130. The summed E-state index contributed by atoms with van der Waals surface area (Å²) in [4.78, 5) is 27.7. The second-order valence-corrected chi connectivity index (χ2v) is 8.49. The van der Waals surface area contributed by atoms with Crippen LogP contribution in [0.25, 0.3) is 0 Å². The normalized spacial score (nSPS) is 19.4. The van der Waals surface area contributed by atoms with Gasteiger partial charge in [-0.25, -0.2) is 0 Å². The first-order valence-electron chi connectivity index (χ1n) is 10.3. The number of carbonyl (C=O) groups excluding carboxylic acids is 2. The number of hydrogen-bond acceptors (Lipinski definition) is 3. The summed E-state index contributed by atoms with van der Waals surface area (Å²) >= 11 is 0. The molecule has 5 nitrogen and oxygen atoms in total. The van der Waals surface area contributed by atoms with Crippen LogP contribution in [0, 0.1) is 5.41 Å². The quantitative estimate of drug-likeness (QED) is 0.821. The largest absolute Gasteiger partial charge is 0.497 e. The lowest BCUT2D eigenvalue weighted by Gasteiger charge is -2.51. The van der Waals surface area contributed by atoms with Gasteiger partial charge in [-0.2, -0.15) is 0 Å². The number of likely N-dealkylation sites (tertiary alicyclic amines) is 1. The predicted molar refractivity (Wildman–Crippen MR) is 111 cm³/mol. The highest BCUT2D eigenvalue weighted by Crippen LogP contribution is 2.46. The molecule has 2 aromatic carbocycles. The molecule has 1 aliphatic carbocycles. The van der Waals surface area contributed by atoms with Gasteiger partial charge in [-0.3, -0.25) is 9.59 Å². The van der Waals surface area contributed by atoms with Crippen LogP contribution in [0.4, 0.5) is 0 Å². The average molecular weight is 392 g/mol. The maximum absolute atomic E-state index is 13.6. The lowest BCUT2D eigenvalue weighted by Crippen LogP contribution is -2.67. The molecule has 29 heavy (non-hydrogen) atoms. The average Bonchev–Trinajstić information content (AvgIpc) is 3.21. The van der Waals surface area contributed by atoms with Crippen LogP contribution in [-0.4, -0.2) is 36.9 Å². The summed E-state index contributed by atoms with van der Waals surface area (Å²) in [7, 11) is 1.64. The van der Waals surface area contributed by atoms with Gasteiger partial charge in [0.2, 0.25) is 11.8 Å². The molecule has 0 aromatic heterocycles. The van der Waals surface area contributed by atoms with Crippen molar-refractivity contribution in [2.45, 2.75) is 37.5 Å². The molecule has 2 N–H and O–H groups in total. The van der Waals surface area contributed by atoms with Crippen molar-refractivity contribution in [2.75, 3.05) is 20.2 Å². The Balaban J connectivity index is 1.54. The Morgan fingerprint density at radius 3 is 2.17 bits per heavy atom. The number of hydrogen-bond donors (Lipinski definition) is 1. The molecule has 0 atom stereocenters. The molecule has 1 saturated heterocycles. The van der Waals surface area contributed by atoms with Gasteiger partial charge in [0.1, 0.15) is 5.75 Å². The number of primary amides is 1. The van der Waals surface area contributed by atoms with Crippen LogP contribution in [0.5, 0.6) is 5.75 Å². The first-order chi connectivity index (χ1) is 14.0. The molecule has 2 fully saturated rings. The molecule has 2 aliphatic rings. The molecular formula is C24H28N2O3. The van der Waals surface area contributed by atoms with Crippen molar-refractivity contribution >= 4 is 11.8 Å². The Morgan fingerprint density at radius 2 is 1.62 bits per heavy atom. The molecule has 0 bridgehead atoms. The van der Waals surface area contributed by atoms with Crippen molar-refractivity contribution in [3.8, 4) is 5.75 Å². The van der Waals surface area contributed by atoms with E-state index in [1.807, 2.05) is 59.5 Å². The Hall–Kier alpha value is -2.82. The van der Waals surface area contributed by atoms with Crippen molar-refractivity contribution in [3.63, 3.8) is 0 Å². The topological polar surface area (TPSA) is 72.6 Å². The van der Waals surface area contributed by atoms with Crippen molar-refractivity contribution < 1.29 is 14.3 Å². The fourth-order valence-electron chi connectivity index (χ4n) is 4.99. The smallest absolute Gasteiger partial charge is 0.233 e. The van der Waals surface area contributed by atoms with Crippen LogP contribution in [0.2, 0.25) is 0 Å². The molecule has 0 radical (unpaired) electrons. The molecule has 4 rings (SSSR count). The standard InChI is InChI=1S/C24H28N2O3/c1-29-20-11-9-19(10-12-20)24(13-5-6-14-24)22(28)26-16-23(17-26,21(25)27)15-18-7-3-2-4-8-18/h2-4,7-12H,5-6,13-17H2,1H3,(H2,25,27). The number of ether oxygens (including phenoxy) is 1. The van der Waals surface area contributed by atoms with Crippen molar-refractivity contribution in [3.05, 3.63) is 65.7 Å². The summed E-state index contributed by atoms with van der Waals surface area (Å²) in [5.74, 6) is 0.592. The number of amides is 2. The third kappa shape index (κ3) is 3.39. The summed E-state index contributed by atoms with van der Waals surface area (Å²) in [5, 5.41) is 0. The zero-order chi connectivity index (χ0) is 20.5. The third-order valence-electron chi connectivity index (χ3n) is 6.69. The monoisotopic (exact) mass is 392 g/mol. The van der Waals surface area contributed by atoms with Crippen molar-refractivity contribution in [1.29, 1.82) is 0 Å². The molecular weight excluding hydrogens is 364 g/mol. The second kappa shape index (κ2) is 7.54. The fraction of sp³-hybridized carbons (Fsp3) is 0.417. The minimum atomic E-state index is -0.670. The van der Waals surface area contributed by atoms with Gasteiger partial charge in [-0.15, -0.1) is 0 Å². The first-order valence-corrected chi connectivity index (χ1v) is 10.3. The second-order valence-electron chi connectivity index (χ2n) is 8.49. The summed E-state index contributed by atoms with van der Waals surface area (Å²) in [6.45, 7) is 0.794. The van der Waals surface area contributed by atoms with Gasteiger partial charge in [0.25, 0.3) is 0 Å². The highest BCUT2D eigenvalue weighted by atomic mass is 16.5. The Labute approximate surface area is 171 Å². The van der Waals surface area contributed by atoms with Crippen LogP contribution in [0.3, 0.4) is 0 Å². The van der Waals surface area contributed by atoms with Gasteiger partial charge in [-0.05, 0) is 42.5 Å². The fourth-order valence-corrected chi connectivity index (χ4v) is 4.99.